The lowest BCUT2D eigenvalue weighted by atomic mass is 10.2. The first-order valence-electron chi connectivity index (χ1n) is 6.89. The van der Waals surface area contributed by atoms with Gasteiger partial charge in [0.15, 0.2) is 0 Å². The molecule has 0 radical (unpaired) electrons. The van der Waals surface area contributed by atoms with E-state index in [0.717, 1.165) is 15.4 Å². The van der Waals surface area contributed by atoms with Crippen LogP contribution >= 0.6 is 35.0 Å². The number of amides is 2. The third-order valence-electron chi connectivity index (χ3n) is 2.93. The molecule has 2 aromatic carbocycles. The van der Waals surface area contributed by atoms with Gasteiger partial charge in [-0.2, -0.15) is 0 Å². The van der Waals surface area contributed by atoms with E-state index in [-0.39, 0.29) is 6.03 Å². The number of benzene rings is 2. The van der Waals surface area contributed by atoms with Gasteiger partial charge >= 0.3 is 6.03 Å². The van der Waals surface area contributed by atoms with Crippen LogP contribution < -0.4 is 10.6 Å². The van der Waals surface area contributed by atoms with Crippen LogP contribution in [0.15, 0.2) is 58.8 Å². The van der Waals surface area contributed by atoms with Crippen molar-refractivity contribution in [3.05, 3.63) is 64.7 Å². The summed E-state index contributed by atoms with van der Waals surface area (Å²) in [6.07, 6.45) is 1.61. The predicted octanol–water partition coefficient (Wildman–Crippen LogP) is 5.76. The largest absolute Gasteiger partial charge is 0.334 e. The second kappa shape index (κ2) is 8.29. The van der Waals surface area contributed by atoms with E-state index < -0.39 is 0 Å². The molecule has 2 amide bonds. The molecule has 0 bridgehead atoms. The Labute approximate surface area is 150 Å². The number of halogens is 2. The lowest BCUT2D eigenvalue weighted by Gasteiger charge is -2.12. The molecule has 23 heavy (non-hydrogen) atoms. The molecule has 0 heterocycles. The van der Waals surface area contributed by atoms with Crippen LogP contribution in [0, 0.1) is 6.92 Å². The minimum Gasteiger partial charge on any atom is -0.334 e. The van der Waals surface area contributed by atoms with Crippen LogP contribution in [-0.2, 0) is 0 Å². The maximum atomic E-state index is 11.7. The lowest BCUT2D eigenvalue weighted by Crippen LogP contribution is -2.28. The highest BCUT2D eigenvalue weighted by Crippen LogP contribution is 2.38. The molecule has 0 aliphatic heterocycles. The van der Waals surface area contributed by atoms with Crippen molar-refractivity contribution in [2.75, 3.05) is 11.9 Å². The van der Waals surface area contributed by atoms with Crippen molar-refractivity contribution in [1.29, 1.82) is 0 Å². The fourth-order valence-corrected chi connectivity index (χ4v) is 3.29. The van der Waals surface area contributed by atoms with Crippen LogP contribution in [0.25, 0.3) is 0 Å². The topological polar surface area (TPSA) is 41.1 Å². The van der Waals surface area contributed by atoms with Gasteiger partial charge in [-0.1, -0.05) is 41.0 Å². The molecule has 0 atom stereocenters. The zero-order chi connectivity index (χ0) is 16.8. The van der Waals surface area contributed by atoms with Crippen molar-refractivity contribution < 1.29 is 4.79 Å². The van der Waals surface area contributed by atoms with E-state index in [9.17, 15) is 4.79 Å². The second-order valence-electron chi connectivity index (χ2n) is 4.78. The van der Waals surface area contributed by atoms with Crippen molar-refractivity contribution in [3.8, 4) is 0 Å². The van der Waals surface area contributed by atoms with Gasteiger partial charge in [-0.3, -0.25) is 0 Å². The number of anilines is 1. The number of aryl methyl sites for hydroxylation is 1. The van der Waals surface area contributed by atoms with Crippen LogP contribution in [0.5, 0.6) is 0 Å². The van der Waals surface area contributed by atoms with Crippen molar-refractivity contribution in [3.63, 3.8) is 0 Å². The van der Waals surface area contributed by atoms with Crippen LogP contribution in [0.1, 0.15) is 5.56 Å². The molecule has 0 aliphatic rings. The number of urea groups is 1. The number of carbonyl (C=O) groups is 1. The zero-order valence-electron chi connectivity index (χ0n) is 12.5. The van der Waals surface area contributed by atoms with Gasteiger partial charge in [0, 0.05) is 27.0 Å². The minimum absolute atomic E-state index is 0.293. The fraction of sp³-hybridized carbons (Fsp3) is 0.118. The normalized spacial score (nSPS) is 10.2. The number of carbonyl (C=O) groups excluding carboxylic acids is 1. The van der Waals surface area contributed by atoms with E-state index in [0.29, 0.717) is 22.3 Å². The number of hydrogen-bond acceptors (Lipinski definition) is 2. The first-order chi connectivity index (χ1) is 11.0. The molecule has 0 aromatic heterocycles. The monoisotopic (exact) mass is 366 g/mol. The molecule has 3 nitrogen and oxygen atoms in total. The van der Waals surface area contributed by atoms with E-state index in [2.05, 4.69) is 17.2 Å². The first-order valence-corrected chi connectivity index (χ1v) is 8.46. The van der Waals surface area contributed by atoms with Gasteiger partial charge in [0.25, 0.3) is 0 Å². The summed E-state index contributed by atoms with van der Waals surface area (Å²) in [5.74, 6) is 0. The number of nitrogens with one attached hydrogen (secondary N) is 2. The summed E-state index contributed by atoms with van der Waals surface area (Å²) in [5.41, 5.74) is 1.63. The summed E-state index contributed by atoms with van der Waals surface area (Å²) in [6.45, 7) is 5.91. The molecule has 6 heteroatoms. The third kappa shape index (κ3) is 5.20. The van der Waals surface area contributed by atoms with Gasteiger partial charge < -0.3 is 10.6 Å². The van der Waals surface area contributed by atoms with Gasteiger partial charge in [0.1, 0.15) is 0 Å². The molecule has 0 unspecified atom stereocenters. The van der Waals surface area contributed by atoms with Gasteiger partial charge in [0.05, 0.1) is 5.02 Å². The van der Waals surface area contributed by atoms with E-state index in [1.54, 1.807) is 23.9 Å². The molecule has 0 saturated carbocycles. The van der Waals surface area contributed by atoms with Crippen LogP contribution in [-0.4, -0.2) is 12.6 Å². The second-order valence-corrected chi connectivity index (χ2v) is 6.71. The van der Waals surface area contributed by atoms with Crippen molar-refractivity contribution in [2.45, 2.75) is 16.7 Å². The maximum absolute atomic E-state index is 11.7. The molecule has 0 fully saturated rings. The molecule has 2 aromatic rings. The van der Waals surface area contributed by atoms with E-state index >= 15 is 0 Å². The van der Waals surface area contributed by atoms with Crippen LogP contribution in [0.3, 0.4) is 0 Å². The third-order valence-corrected chi connectivity index (χ3v) is 4.84. The highest BCUT2D eigenvalue weighted by atomic mass is 35.5. The van der Waals surface area contributed by atoms with E-state index in [1.165, 1.54) is 0 Å². The SMILES string of the molecule is C=CCNC(=O)Nc1cc(C)c(Sc2ccc(Cl)cc2)c(Cl)c1. The summed E-state index contributed by atoms with van der Waals surface area (Å²) in [7, 11) is 0. The molecule has 2 N–H and O–H groups in total. The van der Waals surface area contributed by atoms with Gasteiger partial charge in [0.2, 0.25) is 0 Å². The van der Waals surface area contributed by atoms with E-state index in [4.69, 9.17) is 23.2 Å². The number of hydrogen-bond donors (Lipinski definition) is 2. The van der Waals surface area contributed by atoms with E-state index in [1.807, 2.05) is 37.3 Å². The summed E-state index contributed by atoms with van der Waals surface area (Å²) in [6, 6.07) is 10.9. The summed E-state index contributed by atoms with van der Waals surface area (Å²) >= 11 is 13.8. The highest BCUT2D eigenvalue weighted by molar-refractivity contribution is 7.99. The van der Waals surface area contributed by atoms with Gasteiger partial charge in [-0.25, -0.2) is 4.79 Å². The zero-order valence-corrected chi connectivity index (χ0v) is 14.9. The Morgan fingerprint density at radius 3 is 2.57 bits per heavy atom. The lowest BCUT2D eigenvalue weighted by molar-refractivity contribution is 0.253. The molecular weight excluding hydrogens is 351 g/mol. The minimum atomic E-state index is -0.293. The summed E-state index contributed by atoms with van der Waals surface area (Å²) in [5, 5.41) is 6.68. The van der Waals surface area contributed by atoms with Gasteiger partial charge in [-0.05, 0) is 48.9 Å². The average molecular weight is 367 g/mol. The highest BCUT2D eigenvalue weighted by Gasteiger charge is 2.10. The average Bonchev–Trinajstić information content (AvgIpc) is 2.50. The molecule has 120 valence electrons. The maximum Gasteiger partial charge on any atom is 0.319 e. The summed E-state index contributed by atoms with van der Waals surface area (Å²) < 4.78 is 0. The smallest absolute Gasteiger partial charge is 0.319 e. The summed E-state index contributed by atoms with van der Waals surface area (Å²) in [4.78, 5) is 13.7. The Bertz CT molecular complexity index is 694. The molecule has 0 spiro atoms. The molecule has 0 saturated heterocycles. The standard InChI is InChI=1S/C17H16Cl2N2OS/c1-3-8-20-17(22)21-13-9-11(2)16(15(19)10-13)23-14-6-4-12(18)5-7-14/h3-7,9-10H,1,8H2,2H3,(H2,20,21,22). The molecule has 2 rings (SSSR count). The van der Waals surface area contributed by atoms with Crippen molar-refractivity contribution >= 4 is 46.7 Å². The Kier molecular flexibility index (Phi) is 6.39. The quantitative estimate of drug-likeness (QED) is 0.660. The van der Waals surface area contributed by atoms with Crippen molar-refractivity contribution in [2.24, 2.45) is 0 Å². The Hall–Kier alpha value is -1.62. The van der Waals surface area contributed by atoms with Gasteiger partial charge in [-0.15, -0.1) is 6.58 Å². The molecular formula is C17H16Cl2N2OS. The number of rotatable bonds is 5. The Balaban J connectivity index is 2.15. The molecule has 0 aliphatic carbocycles. The Morgan fingerprint density at radius 2 is 1.96 bits per heavy atom. The first kappa shape index (κ1) is 17.7. The Morgan fingerprint density at radius 1 is 1.26 bits per heavy atom. The fourth-order valence-electron chi connectivity index (χ4n) is 1.89. The van der Waals surface area contributed by atoms with Crippen LogP contribution in [0.2, 0.25) is 10.0 Å². The predicted molar refractivity (Wildman–Crippen MR) is 99.0 cm³/mol. The van der Waals surface area contributed by atoms with Crippen LogP contribution in [0.4, 0.5) is 10.5 Å². The van der Waals surface area contributed by atoms with Crippen molar-refractivity contribution in [1.82, 2.24) is 5.32 Å².